The van der Waals surface area contributed by atoms with Gasteiger partial charge in [0.15, 0.2) is 6.10 Å². The van der Waals surface area contributed by atoms with Gasteiger partial charge < -0.3 is 24.8 Å². The summed E-state index contributed by atoms with van der Waals surface area (Å²) in [5, 5.41) is 0. The minimum absolute atomic E-state index is 0.127. The van der Waals surface area contributed by atoms with Gasteiger partial charge >= 0.3 is 5.97 Å². The molecule has 7 nitrogen and oxygen atoms in total. The number of hydrogen-bond donors (Lipinski definition) is 1. The molecule has 7 heteroatoms. The smallest absolute Gasteiger partial charge is 0.337 e. The molecule has 4 rings (SSSR count). The lowest BCUT2D eigenvalue weighted by Gasteiger charge is -2.34. The van der Waals surface area contributed by atoms with E-state index in [4.69, 9.17) is 19.9 Å². The number of rotatable bonds is 9. The average molecular weight is 461 g/mol. The van der Waals surface area contributed by atoms with E-state index < -0.39 is 12.1 Å². The molecule has 0 saturated heterocycles. The van der Waals surface area contributed by atoms with Crippen molar-refractivity contribution < 1.29 is 23.8 Å². The van der Waals surface area contributed by atoms with Crippen LogP contribution in [-0.4, -0.2) is 38.2 Å². The highest BCUT2D eigenvalue weighted by Gasteiger charge is 2.34. The van der Waals surface area contributed by atoms with Gasteiger partial charge in [0.05, 0.1) is 31.5 Å². The van der Waals surface area contributed by atoms with Crippen molar-refractivity contribution in [2.75, 3.05) is 25.2 Å². The first kappa shape index (κ1) is 23.3. The molecule has 1 atom stereocenters. The molecular formula is C27H28N2O5. The Morgan fingerprint density at radius 3 is 2.41 bits per heavy atom. The van der Waals surface area contributed by atoms with Crippen LogP contribution >= 0.6 is 0 Å². The van der Waals surface area contributed by atoms with E-state index in [1.165, 1.54) is 7.11 Å². The number of amides is 1. The molecule has 3 aromatic rings. The van der Waals surface area contributed by atoms with Gasteiger partial charge in [0.2, 0.25) is 0 Å². The van der Waals surface area contributed by atoms with Crippen LogP contribution in [0.3, 0.4) is 0 Å². The summed E-state index contributed by atoms with van der Waals surface area (Å²) in [5.74, 6) is 0.877. The highest BCUT2D eigenvalue weighted by molar-refractivity contribution is 6.00. The maximum Gasteiger partial charge on any atom is 0.337 e. The Morgan fingerprint density at radius 1 is 1.00 bits per heavy atom. The molecule has 0 aliphatic carbocycles. The zero-order valence-corrected chi connectivity index (χ0v) is 19.1. The van der Waals surface area contributed by atoms with Crippen molar-refractivity contribution in [3.63, 3.8) is 0 Å². The molecule has 2 N–H and O–H groups in total. The topological polar surface area (TPSA) is 91.1 Å². The lowest BCUT2D eigenvalue weighted by Crippen LogP contribution is -2.46. The van der Waals surface area contributed by atoms with Crippen molar-refractivity contribution in [1.29, 1.82) is 0 Å². The summed E-state index contributed by atoms with van der Waals surface area (Å²) in [5.41, 5.74) is 8.83. The first-order valence-electron chi connectivity index (χ1n) is 11.2. The van der Waals surface area contributed by atoms with E-state index in [1.807, 2.05) is 60.7 Å². The van der Waals surface area contributed by atoms with Crippen molar-refractivity contribution in [2.45, 2.75) is 25.5 Å². The minimum atomic E-state index is -0.652. The van der Waals surface area contributed by atoms with Gasteiger partial charge in [-0.25, -0.2) is 4.79 Å². The molecule has 34 heavy (non-hydrogen) atoms. The normalized spacial score (nSPS) is 14.8. The number of para-hydroxylation sites is 2. The highest BCUT2D eigenvalue weighted by Crippen LogP contribution is 2.35. The van der Waals surface area contributed by atoms with Crippen LogP contribution in [0.2, 0.25) is 0 Å². The Kier molecular flexibility index (Phi) is 7.44. The molecular weight excluding hydrogens is 432 g/mol. The molecule has 0 fully saturated rings. The van der Waals surface area contributed by atoms with Crippen LogP contribution < -0.4 is 20.1 Å². The molecule has 0 radical (unpaired) electrons. The zero-order chi connectivity index (χ0) is 23.9. The number of nitrogens with two attached hydrogens (primary N) is 1. The predicted octanol–water partition coefficient (Wildman–Crippen LogP) is 3.74. The highest BCUT2D eigenvalue weighted by atomic mass is 16.5. The number of nitrogens with zero attached hydrogens (tertiary/aromatic N) is 1. The van der Waals surface area contributed by atoms with Gasteiger partial charge in [-0.05, 0) is 60.5 Å². The predicted molar refractivity (Wildman–Crippen MR) is 129 cm³/mol. The van der Waals surface area contributed by atoms with E-state index in [-0.39, 0.29) is 5.91 Å². The Morgan fingerprint density at radius 2 is 1.71 bits per heavy atom. The number of benzene rings is 3. The van der Waals surface area contributed by atoms with E-state index in [1.54, 1.807) is 17.0 Å². The third-order valence-electron chi connectivity index (χ3n) is 5.69. The number of carbonyl (C=O) groups excluding carboxylic acids is 2. The molecule has 176 valence electrons. The SMILES string of the molecule is COC(=O)c1ccc(CN2C(=O)C(CCOc3ccc(CCN)cc3)Oc3ccccc32)cc1. The third-order valence-corrected chi connectivity index (χ3v) is 5.69. The second-order valence-electron chi connectivity index (χ2n) is 8.01. The molecule has 1 amide bonds. The summed E-state index contributed by atoms with van der Waals surface area (Å²) in [6.07, 6.45) is 0.585. The van der Waals surface area contributed by atoms with Crippen LogP contribution in [0.15, 0.2) is 72.8 Å². The van der Waals surface area contributed by atoms with Crippen molar-refractivity contribution in [1.82, 2.24) is 0 Å². The molecule has 1 unspecified atom stereocenters. The van der Waals surface area contributed by atoms with Crippen LogP contribution in [0.25, 0.3) is 0 Å². The first-order valence-corrected chi connectivity index (χ1v) is 11.2. The number of ether oxygens (including phenoxy) is 3. The molecule has 1 aliphatic rings. The van der Waals surface area contributed by atoms with Gasteiger partial charge in [-0.3, -0.25) is 4.79 Å². The summed E-state index contributed by atoms with van der Waals surface area (Å²) in [6.45, 7) is 1.31. The second kappa shape index (κ2) is 10.9. The fraction of sp³-hybridized carbons (Fsp3) is 0.259. The lowest BCUT2D eigenvalue weighted by atomic mass is 10.1. The number of methoxy groups -OCH3 is 1. The number of esters is 1. The molecule has 0 spiro atoms. The quantitative estimate of drug-likeness (QED) is 0.489. The van der Waals surface area contributed by atoms with Crippen molar-refractivity contribution in [2.24, 2.45) is 5.73 Å². The van der Waals surface area contributed by atoms with E-state index in [2.05, 4.69) is 0 Å². The van der Waals surface area contributed by atoms with Crippen LogP contribution in [0.4, 0.5) is 5.69 Å². The van der Waals surface area contributed by atoms with E-state index in [0.29, 0.717) is 37.4 Å². The fourth-order valence-corrected chi connectivity index (χ4v) is 3.87. The molecule has 1 heterocycles. The minimum Gasteiger partial charge on any atom is -0.493 e. The van der Waals surface area contributed by atoms with Gasteiger partial charge in [-0.1, -0.05) is 36.4 Å². The monoisotopic (exact) mass is 460 g/mol. The Bertz CT molecular complexity index is 1130. The van der Waals surface area contributed by atoms with Gasteiger partial charge in [-0.2, -0.15) is 0 Å². The van der Waals surface area contributed by atoms with Gasteiger partial charge in [-0.15, -0.1) is 0 Å². The lowest BCUT2D eigenvalue weighted by molar-refractivity contribution is -0.127. The Balaban J connectivity index is 1.43. The van der Waals surface area contributed by atoms with Crippen LogP contribution in [0.5, 0.6) is 11.5 Å². The summed E-state index contributed by atoms with van der Waals surface area (Å²) in [6, 6.07) is 22.3. The Hall–Kier alpha value is -3.84. The van der Waals surface area contributed by atoms with E-state index in [9.17, 15) is 9.59 Å². The summed E-state index contributed by atoms with van der Waals surface area (Å²) >= 11 is 0. The summed E-state index contributed by atoms with van der Waals surface area (Å²) in [4.78, 5) is 26.8. The van der Waals surface area contributed by atoms with E-state index in [0.717, 1.165) is 29.0 Å². The number of carbonyl (C=O) groups is 2. The summed E-state index contributed by atoms with van der Waals surface area (Å²) < 4.78 is 16.6. The van der Waals surface area contributed by atoms with Crippen molar-refractivity contribution in [3.05, 3.63) is 89.5 Å². The first-order chi connectivity index (χ1) is 16.6. The van der Waals surface area contributed by atoms with Gasteiger partial charge in [0.25, 0.3) is 5.91 Å². The second-order valence-corrected chi connectivity index (χ2v) is 8.01. The largest absolute Gasteiger partial charge is 0.493 e. The van der Waals surface area contributed by atoms with Crippen molar-refractivity contribution >= 4 is 17.6 Å². The summed E-state index contributed by atoms with van der Waals surface area (Å²) in [7, 11) is 1.35. The van der Waals surface area contributed by atoms with Crippen molar-refractivity contribution in [3.8, 4) is 11.5 Å². The van der Waals surface area contributed by atoms with Crippen LogP contribution in [0, 0.1) is 0 Å². The van der Waals surface area contributed by atoms with Crippen LogP contribution in [0.1, 0.15) is 27.9 Å². The maximum atomic E-state index is 13.3. The molecule has 0 aromatic heterocycles. The van der Waals surface area contributed by atoms with Crippen LogP contribution in [-0.2, 0) is 22.5 Å². The number of anilines is 1. The fourth-order valence-electron chi connectivity index (χ4n) is 3.87. The molecule has 0 bridgehead atoms. The molecule has 0 saturated carbocycles. The third kappa shape index (κ3) is 5.38. The molecule has 1 aliphatic heterocycles. The average Bonchev–Trinajstić information content (AvgIpc) is 2.87. The standard InChI is InChI=1S/C27H28N2O5/c1-32-27(31)21-10-6-20(7-11-21)18-29-23-4-2-3-5-24(23)34-25(26(29)30)15-17-33-22-12-8-19(9-13-22)14-16-28/h2-13,25H,14-18,28H2,1H3. The van der Waals surface area contributed by atoms with E-state index >= 15 is 0 Å². The Labute approximate surface area is 199 Å². The van der Waals surface area contributed by atoms with Gasteiger partial charge in [0, 0.05) is 6.42 Å². The number of fused-ring (bicyclic) bond motifs is 1. The number of hydrogen-bond acceptors (Lipinski definition) is 6. The maximum absolute atomic E-state index is 13.3. The molecule has 3 aromatic carbocycles. The zero-order valence-electron chi connectivity index (χ0n) is 19.1. The van der Waals surface area contributed by atoms with Gasteiger partial charge in [0.1, 0.15) is 11.5 Å².